The summed E-state index contributed by atoms with van der Waals surface area (Å²) in [6.07, 6.45) is 6.73. The number of hydrogen-bond donors (Lipinski definition) is 0. The van der Waals surface area contributed by atoms with Gasteiger partial charge in [0.25, 0.3) is 0 Å². The lowest BCUT2D eigenvalue weighted by molar-refractivity contribution is 0.459. The first kappa shape index (κ1) is 11.9. The second-order valence-corrected chi connectivity index (χ2v) is 4.68. The van der Waals surface area contributed by atoms with Crippen LogP contribution in [-0.4, -0.2) is 18.1 Å². The predicted octanol–water partition coefficient (Wildman–Crippen LogP) is 2.97. The van der Waals surface area contributed by atoms with Crippen LogP contribution in [0, 0.1) is 17.2 Å². The molecule has 1 aliphatic rings. The van der Waals surface area contributed by atoms with Gasteiger partial charge in [0.2, 0.25) is 0 Å². The minimum atomic E-state index is 0.558. The van der Waals surface area contributed by atoms with Gasteiger partial charge in [-0.15, -0.1) is 0 Å². The Balaban J connectivity index is 2.14. The summed E-state index contributed by atoms with van der Waals surface area (Å²) < 4.78 is 0. The van der Waals surface area contributed by atoms with Crippen molar-refractivity contribution in [1.82, 2.24) is 4.98 Å². The Labute approximate surface area is 103 Å². The molecule has 0 spiro atoms. The molecule has 17 heavy (non-hydrogen) atoms. The van der Waals surface area contributed by atoms with Gasteiger partial charge in [-0.1, -0.05) is 13.3 Å². The van der Waals surface area contributed by atoms with E-state index in [1.807, 2.05) is 12.1 Å². The predicted molar refractivity (Wildman–Crippen MR) is 68.8 cm³/mol. The van der Waals surface area contributed by atoms with Crippen molar-refractivity contribution in [1.29, 1.82) is 5.26 Å². The molecule has 0 aliphatic carbocycles. The Bertz CT molecular complexity index is 408. The van der Waals surface area contributed by atoms with Crippen LogP contribution in [0.25, 0.3) is 0 Å². The van der Waals surface area contributed by atoms with Gasteiger partial charge in [-0.05, 0) is 37.3 Å². The molecular formula is C14H19N3. The zero-order valence-corrected chi connectivity index (χ0v) is 10.4. The molecule has 0 radical (unpaired) electrons. The molecule has 0 bridgehead atoms. The maximum absolute atomic E-state index is 9.08. The van der Waals surface area contributed by atoms with Crippen molar-refractivity contribution in [2.45, 2.75) is 32.6 Å². The quantitative estimate of drug-likeness (QED) is 0.782. The number of nitriles is 1. The number of anilines is 1. The van der Waals surface area contributed by atoms with Crippen molar-refractivity contribution in [3.05, 3.63) is 24.0 Å². The summed E-state index contributed by atoms with van der Waals surface area (Å²) in [6.45, 7) is 4.38. The lowest BCUT2D eigenvalue weighted by Crippen LogP contribution is -2.25. The first-order valence-electron chi connectivity index (χ1n) is 6.45. The van der Waals surface area contributed by atoms with Gasteiger partial charge >= 0.3 is 0 Å². The largest absolute Gasteiger partial charge is 0.369 e. The Kier molecular flexibility index (Phi) is 3.98. The van der Waals surface area contributed by atoms with E-state index < -0.39 is 0 Å². The number of rotatable bonds is 2. The van der Waals surface area contributed by atoms with E-state index in [9.17, 15) is 0 Å². The third kappa shape index (κ3) is 2.76. The molecule has 1 atom stereocenters. The van der Waals surface area contributed by atoms with E-state index in [2.05, 4.69) is 22.9 Å². The molecule has 1 aromatic rings. The minimum absolute atomic E-state index is 0.558. The molecule has 2 heterocycles. The average Bonchev–Trinajstić information content (AvgIpc) is 2.63. The third-order valence-corrected chi connectivity index (χ3v) is 3.66. The fourth-order valence-electron chi connectivity index (χ4n) is 2.55. The Morgan fingerprint density at radius 3 is 3.12 bits per heavy atom. The fraction of sp³-hybridized carbons (Fsp3) is 0.571. The van der Waals surface area contributed by atoms with Gasteiger partial charge in [0, 0.05) is 19.3 Å². The molecule has 90 valence electrons. The van der Waals surface area contributed by atoms with Crippen LogP contribution in [0.4, 0.5) is 5.69 Å². The first-order chi connectivity index (χ1) is 8.35. The molecule has 1 unspecified atom stereocenters. The lowest BCUT2D eigenvalue weighted by Gasteiger charge is -2.23. The van der Waals surface area contributed by atoms with Gasteiger partial charge < -0.3 is 4.90 Å². The minimum Gasteiger partial charge on any atom is -0.369 e. The van der Waals surface area contributed by atoms with Crippen LogP contribution >= 0.6 is 0 Å². The summed E-state index contributed by atoms with van der Waals surface area (Å²) in [6, 6.07) is 6.11. The Morgan fingerprint density at radius 2 is 2.35 bits per heavy atom. The molecule has 1 fully saturated rings. The zero-order valence-electron chi connectivity index (χ0n) is 10.4. The summed E-state index contributed by atoms with van der Waals surface area (Å²) in [7, 11) is 0. The van der Waals surface area contributed by atoms with Crippen molar-refractivity contribution in [2.24, 2.45) is 5.92 Å². The van der Waals surface area contributed by atoms with Crippen molar-refractivity contribution in [3.8, 4) is 6.07 Å². The summed E-state index contributed by atoms with van der Waals surface area (Å²) in [5, 5.41) is 9.08. The van der Waals surface area contributed by atoms with E-state index in [1.165, 1.54) is 25.7 Å². The molecule has 2 rings (SSSR count). The molecular weight excluding hydrogens is 210 g/mol. The SMILES string of the molecule is CCC1CCCN(c2cccnc2C#N)CC1. The normalized spacial score (nSPS) is 20.7. The van der Waals surface area contributed by atoms with Crippen LogP contribution in [0.5, 0.6) is 0 Å². The highest BCUT2D eigenvalue weighted by atomic mass is 15.1. The second-order valence-electron chi connectivity index (χ2n) is 4.68. The van der Waals surface area contributed by atoms with Crippen LogP contribution in [0.15, 0.2) is 18.3 Å². The number of aromatic nitrogens is 1. The van der Waals surface area contributed by atoms with Gasteiger partial charge in [-0.3, -0.25) is 0 Å². The smallest absolute Gasteiger partial charge is 0.163 e. The number of hydrogen-bond acceptors (Lipinski definition) is 3. The van der Waals surface area contributed by atoms with E-state index in [0.29, 0.717) is 5.69 Å². The molecule has 0 aromatic carbocycles. The van der Waals surface area contributed by atoms with Crippen molar-refractivity contribution < 1.29 is 0 Å². The molecule has 1 saturated heterocycles. The summed E-state index contributed by atoms with van der Waals surface area (Å²) in [5.74, 6) is 0.849. The standard InChI is InChI=1S/C14H19N3/c1-2-12-5-4-9-17(10-7-12)14-6-3-8-16-13(14)11-15/h3,6,8,12H,2,4-5,7,9-10H2,1H3. The molecule has 0 saturated carbocycles. The monoisotopic (exact) mass is 229 g/mol. The van der Waals surface area contributed by atoms with E-state index in [1.54, 1.807) is 6.20 Å². The summed E-state index contributed by atoms with van der Waals surface area (Å²) in [5.41, 5.74) is 1.56. The van der Waals surface area contributed by atoms with E-state index in [4.69, 9.17) is 5.26 Å². The topological polar surface area (TPSA) is 39.9 Å². The first-order valence-corrected chi connectivity index (χ1v) is 6.45. The van der Waals surface area contributed by atoms with Crippen LogP contribution in [-0.2, 0) is 0 Å². The Morgan fingerprint density at radius 1 is 1.47 bits per heavy atom. The highest BCUT2D eigenvalue weighted by molar-refractivity contribution is 5.55. The highest BCUT2D eigenvalue weighted by Crippen LogP contribution is 2.25. The maximum atomic E-state index is 9.08. The number of pyridine rings is 1. The van der Waals surface area contributed by atoms with Crippen LogP contribution < -0.4 is 4.90 Å². The van der Waals surface area contributed by atoms with Crippen LogP contribution in [0.2, 0.25) is 0 Å². The molecule has 0 N–H and O–H groups in total. The Hall–Kier alpha value is -1.56. The zero-order chi connectivity index (χ0) is 12.1. The van der Waals surface area contributed by atoms with E-state index in [-0.39, 0.29) is 0 Å². The van der Waals surface area contributed by atoms with E-state index in [0.717, 1.165) is 24.7 Å². The maximum Gasteiger partial charge on any atom is 0.163 e. The molecule has 1 aromatic heterocycles. The second kappa shape index (κ2) is 5.67. The molecule has 3 heteroatoms. The summed E-state index contributed by atoms with van der Waals surface area (Å²) >= 11 is 0. The van der Waals surface area contributed by atoms with Crippen molar-refractivity contribution in [2.75, 3.05) is 18.0 Å². The van der Waals surface area contributed by atoms with E-state index >= 15 is 0 Å². The van der Waals surface area contributed by atoms with Gasteiger partial charge in [0.05, 0.1) is 5.69 Å². The molecule has 3 nitrogen and oxygen atoms in total. The van der Waals surface area contributed by atoms with Crippen molar-refractivity contribution in [3.63, 3.8) is 0 Å². The van der Waals surface area contributed by atoms with Gasteiger partial charge in [-0.25, -0.2) is 4.98 Å². The van der Waals surface area contributed by atoms with Gasteiger partial charge in [0.1, 0.15) is 6.07 Å². The van der Waals surface area contributed by atoms with Gasteiger partial charge in [-0.2, -0.15) is 5.26 Å². The third-order valence-electron chi connectivity index (χ3n) is 3.66. The van der Waals surface area contributed by atoms with Gasteiger partial charge in [0.15, 0.2) is 5.69 Å². The van der Waals surface area contributed by atoms with Crippen molar-refractivity contribution >= 4 is 5.69 Å². The lowest BCUT2D eigenvalue weighted by atomic mass is 9.98. The van der Waals surface area contributed by atoms with Crippen LogP contribution in [0.3, 0.4) is 0 Å². The fourth-order valence-corrected chi connectivity index (χ4v) is 2.55. The van der Waals surface area contributed by atoms with Crippen LogP contribution in [0.1, 0.15) is 38.3 Å². The number of nitrogens with zero attached hydrogens (tertiary/aromatic N) is 3. The molecule has 1 aliphatic heterocycles. The average molecular weight is 229 g/mol. The summed E-state index contributed by atoms with van der Waals surface area (Å²) in [4.78, 5) is 6.46. The molecule has 0 amide bonds. The highest BCUT2D eigenvalue weighted by Gasteiger charge is 2.18.